The first-order valence-corrected chi connectivity index (χ1v) is 5.31. The Morgan fingerprint density at radius 3 is 2.78 bits per heavy atom. The molecule has 2 rings (SSSR count). The molecule has 18 heavy (non-hydrogen) atoms. The highest BCUT2D eigenvalue weighted by Gasteiger charge is 2.18. The molecule has 1 atom stereocenters. The first kappa shape index (κ1) is 11.9. The monoisotopic (exact) mass is 247 g/mol. The highest BCUT2D eigenvalue weighted by molar-refractivity contribution is 5.64. The molecule has 0 aromatic carbocycles. The van der Waals surface area contributed by atoms with Crippen LogP contribution in [0.2, 0.25) is 0 Å². The summed E-state index contributed by atoms with van der Waals surface area (Å²) in [6, 6.07) is 6.96. The summed E-state index contributed by atoms with van der Waals surface area (Å²) in [6.07, 6.45) is 1.69. The molecule has 2 aromatic rings. The van der Waals surface area contributed by atoms with Gasteiger partial charge in [0.2, 0.25) is 0 Å². The fourth-order valence-electron chi connectivity index (χ4n) is 1.55. The van der Waals surface area contributed by atoms with Crippen LogP contribution in [0, 0.1) is 0 Å². The largest absolute Gasteiger partial charge is 0.438 e. The van der Waals surface area contributed by atoms with Gasteiger partial charge in [0.15, 0.2) is 6.10 Å². The number of ether oxygens (including phenoxy) is 1. The zero-order valence-corrected chi connectivity index (χ0v) is 9.56. The van der Waals surface area contributed by atoms with Crippen LogP contribution in [0.15, 0.2) is 36.7 Å². The zero-order chi connectivity index (χ0) is 13.0. The number of hydrogen-bond donors (Lipinski definition) is 2. The molecule has 2 aromatic heterocycles. The van der Waals surface area contributed by atoms with Gasteiger partial charge < -0.3 is 16.2 Å². The summed E-state index contributed by atoms with van der Waals surface area (Å²) in [7, 11) is 0. The van der Waals surface area contributed by atoms with E-state index in [0.29, 0.717) is 11.5 Å². The molecule has 0 saturated heterocycles. The molecule has 0 radical (unpaired) electrons. The highest BCUT2D eigenvalue weighted by atomic mass is 16.6. The van der Waals surface area contributed by atoms with Crippen molar-refractivity contribution >= 4 is 11.9 Å². The van der Waals surface area contributed by atoms with Crippen LogP contribution in [-0.2, 0) is 11.3 Å². The average molecular weight is 247 g/mol. The van der Waals surface area contributed by atoms with Crippen LogP contribution in [0.1, 0.15) is 11.8 Å². The van der Waals surface area contributed by atoms with Crippen LogP contribution in [0.4, 0.5) is 10.6 Å². The van der Waals surface area contributed by atoms with Gasteiger partial charge >= 0.3 is 6.09 Å². The molecule has 1 amide bonds. The van der Waals surface area contributed by atoms with Crippen LogP contribution in [0.5, 0.6) is 0 Å². The first-order chi connectivity index (χ1) is 8.66. The lowest BCUT2D eigenvalue weighted by Crippen LogP contribution is -2.22. The van der Waals surface area contributed by atoms with E-state index in [1.807, 2.05) is 0 Å². The number of carbonyl (C=O) groups is 1. The predicted molar refractivity (Wildman–Crippen MR) is 64.3 cm³/mol. The van der Waals surface area contributed by atoms with E-state index >= 15 is 0 Å². The van der Waals surface area contributed by atoms with Crippen molar-refractivity contribution in [2.75, 3.05) is 5.73 Å². The number of aromatic nitrogens is 3. The van der Waals surface area contributed by atoms with Crippen molar-refractivity contribution in [2.24, 2.45) is 5.73 Å². The smallest absolute Gasteiger partial charge is 0.405 e. The Labute approximate surface area is 103 Å². The molecule has 4 N–H and O–H groups in total. The van der Waals surface area contributed by atoms with E-state index in [1.54, 1.807) is 36.7 Å². The third-order valence-electron chi connectivity index (χ3n) is 2.36. The fraction of sp³-hybridized carbons (Fsp3) is 0.182. The van der Waals surface area contributed by atoms with Gasteiger partial charge in [-0.1, -0.05) is 6.07 Å². The Hall–Kier alpha value is -2.57. The maximum Gasteiger partial charge on any atom is 0.405 e. The number of anilines is 1. The predicted octanol–water partition coefficient (Wildman–Crippen LogP) is 0.697. The quantitative estimate of drug-likeness (QED) is 0.826. The Kier molecular flexibility index (Phi) is 3.42. The van der Waals surface area contributed by atoms with Gasteiger partial charge in [-0.05, 0) is 18.2 Å². The highest BCUT2D eigenvalue weighted by Crippen LogP contribution is 2.18. The number of hydrogen-bond acceptors (Lipinski definition) is 5. The summed E-state index contributed by atoms with van der Waals surface area (Å²) in [4.78, 5) is 15.0. The SMILES string of the molecule is NC(=O)OC(Cn1nccc1N)c1ccccn1. The van der Waals surface area contributed by atoms with E-state index in [-0.39, 0.29) is 6.54 Å². The van der Waals surface area contributed by atoms with Crippen molar-refractivity contribution in [3.05, 3.63) is 42.4 Å². The number of nitrogen functional groups attached to an aromatic ring is 1. The maximum atomic E-state index is 10.9. The molecule has 0 bridgehead atoms. The zero-order valence-electron chi connectivity index (χ0n) is 9.56. The summed E-state index contributed by atoms with van der Waals surface area (Å²) in [5.74, 6) is 0.476. The molecule has 2 heterocycles. The van der Waals surface area contributed by atoms with Crippen molar-refractivity contribution in [3.63, 3.8) is 0 Å². The lowest BCUT2D eigenvalue weighted by atomic mass is 10.2. The van der Waals surface area contributed by atoms with Gasteiger partial charge in [0.05, 0.1) is 18.4 Å². The van der Waals surface area contributed by atoms with Crippen LogP contribution < -0.4 is 11.5 Å². The molecule has 94 valence electrons. The number of pyridine rings is 1. The lowest BCUT2D eigenvalue weighted by molar-refractivity contribution is 0.0913. The second-order valence-corrected chi connectivity index (χ2v) is 3.62. The molecule has 7 heteroatoms. The van der Waals surface area contributed by atoms with E-state index < -0.39 is 12.2 Å². The minimum Gasteiger partial charge on any atom is -0.438 e. The van der Waals surface area contributed by atoms with E-state index in [4.69, 9.17) is 16.2 Å². The molecule has 0 aliphatic heterocycles. The lowest BCUT2D eigenvalue weighted by Gasteiger charge is -2.16. The Morgan fingerprint density at radius 2 is 2.22 bits per heavy atom. The van der Waals surface area contributed by atoms with Gasteiger partial charge in [0, 0.05) is 6.20 Å². The molecule has 0 spiro atoms. The van der Waals surface area contributed by atoms with Crippen molar-refractivity contribution in [1.82, 2.24) is 14.8 Å². The minimum atomic E-state index is -0.864. The third kappa shape index (κ3) is 2.76. The molecular weight excluding hydrogens is 234 g/mol. The molecule has 0 aliphatic carbocycles. The summed E-state index contributed by atoms with van der Waals surface area (Å²) in [5, 5.41) is 4.02. The van der Waals surface area contributed by atoms with Crippen molar-refractivity contribution in [2.45, 2.75) is 12.6 Å². The second kappa shape index (κ2) is 5.17. The number of nitrogens with two attached hydrogens (primary N) is 2. The van der Waals surface area contributed by atoms with E-state index in [2.05, 4.69) is 10.1 Å². The minimum absolute atomic E-state index is 0.263. The van der Waals surface area contributed by atoms with Crippen LogP contribution >= 0.6 is 0 Å². The molecule has 7 nitrogen and oxygen atoms in total. The Morgan fingerprint density at radius 1 is 1.39 bits per heavy atom. The number of nitrogens with zero attached hydrogens (tertiary/aromatic N) is 3. The van der Waals surface area contributed by atoms with Crippen LogP contribution in [0.25, 0.3) is 0 Å². The van der Waals surface area contributed by atoms with Gasteiger partial charge in [-0.3, -0.25) is 4.98 Å². The molecule has 0 saturated carbocycles. The molecule has 1 unspecified atom stereocenters. The fourth-order valence-corrected chi connectivity index (χ4v) is 1.55. The third-order valence-corrected chi connectivity index (χ3v) is 2.36. The van der Waals surface area contributed by atoms with Crippen LogP contribution in [0.3, 0.4) is 0 Å². The normalized spacial score (nSPS) is 12.0. The summed E-state index contributed by atoms with van der Waals surface area (Å²) < 4.78 is 6.54. The average Bonchev–Trinajstić information content (AvgIpc) is 2.75. The van der Waals surface area contributed by atoms with Gasteiger partial charge in [-0.15, -0.1) is 0 Å². The van der Waals surface area contributed by atoms with Crippen molar-refractivity contribution in [1.29, 1.82) is 0 Å². The van der Waals surface area contributed by atoms with Gasteiger partial charge in [-0.25, -0.2) is 9.48 Å². The van der Waals surface area contributed by atoms with Gasteiger partial charge in [0.1, 0.15) is 5.82 Å². The Bertz CT molecular complexity index is 525. The maximum absolute atomic E-state index is 10.9. The summed E-state index contributed by atoms with van der Waals surface area (Å²) in [5.41, 5.74) is 11.3. The van der Waals surface area contributed by atoms with E-state index in [0.717, 1.165) is 0 Å². The van der Waals surface area contributed by atoms with Gasteiger partial charge in [-0.2, -0.15) is 5.10 Å². The van der Waals surface area contributed by atoms with E-state index in [1.165, 1.54) is 4.68 Å². The van der Waals surface area contributed by atoms with E-state index in [9.17, 15) is 4.79 Å². The van der Waals surface area contributed by atoms with Crippen molar-refractivity contribution < 1.29 is 9.53 Å². The summed E-state index contributed by atoms with van der Waals surface area (Å²) in [6.45, 7) is 0.263. The number of rotatable bonds is 4. The number of carbonyl (C=O) groups excluding carboxylic acids is 1. The standard InChI is InChI=1S/C11H13N5O2/c12-10-4-6-15-16(10)7-9(18-11(13)17)8-3-1-2-5-14-8/h1-6,9H,7,12H2,(H2,13,17). The van der Waals surface area contributed by atoms with Crippen LogP contribution in [-0.4, -0.2) is 20.9 Å². The molecular formula is C11H13N5O2. The molecule has 0 fully saturated rings. The number of amides is 1. The van der Waals surface area contributed by atoms with Gasteiger partial charge in [0.25, 0.3) is 0 Å². The number of primary amides is 1. The van der Waals surface area contributed by atoms with Crippen molar-refractivity contribution in [3.8, 4) is 0 Å². The summed E-state index contributed by atoms with van der Waals surface area (Å²) >= 11 is 0. The second-order valence-electron chi connectivity index (χ2n) is 3.62. The first-order valence-electron chi connectivity index (χ1n) is 5.31. The topological polar surface area (TPSA) is 109 Å². The Balaban J connectivity index is 2.21. The molecule has 0 aliphatic rings.